The summed E-state index contributed by atoms with van der Waals surface area (Å²) in [4.78, 5) is 128. The number of guanidine groups is 2. The quantitative estimate of drug-likeness (QED) is 0.0118. The molecule has 4 rings (SSSR count). The molecule has 81 heavy (non-hydrogen) atoms. The van der Waals surface area contributed by atoms with Gasteiger partial charge in [-0.2, -0.15) is 0 Å². The molecule has 18 N–H and O–H groups in total. The van der Waals surface area contributed by atoms with Gasteiger partial charge in [0, 0.05) is 56.1 Å². The molecule has 1 aromatic heterocycles. The number of amides is 8. The highest BCUT2D eigenvalue weighted by Gasteiger charge is 2.32. The normalized spacial score (nSPS) is 12.8. The number of aromatic amines is 1. The molecule has 0 saturated heterocycles. The van der Waals surface area contributed by atoms with Crippen molar-refractivity contribution in [2.75, 3.05) is 32.8 Å². The molecule has 0 aliphatic heterocycles. The number of nitrogens with one attached hydrogen (secondary N) is 9. The number of carboxylic acids is 1. The third-order valence-electron chi connectivity index (χ3n) is 11.9. The first-order valence-corrected chi connectivity index (χ1v) is 26.6. The number of benzene rings is 3. The monoisotopic (exact) mass is 1130 g/mol. The van der Waals surface area contributed by atoms with Gasteiger partial charge in [0.2, 0.25) is 47.8 Å². The summed E-state index contributed by atoms with van der Waals surface area (Å²) in [6.45, 7) is 5.29. The fourth-order valence-electron chi connectivity index (χ4n) is 8.02. The lowest BCUT2D eigenvalue weighted by atomic mass is 10.0. The Kier molecular flexibility index (Phi) is 30.2. The molecule has 0 aliphatic rings. The van der Waals surface area contributed by atoms with Crippen molar-refractivity contribution >= 4 is 76.6 Å². The SMILES string of the molecule is CC(=O)N[C@@H](CCCN=C(N)N)C(=O)NC(CC(=O)NCCCCC(NC(=O)[C@H](Cc1c[nH]c2ccccc12)NC(=O)CNC=O)C(=O)O)C(=O)N[C@@H](COCc1ccccc1)C(=O)NC(C)Cc1ccccc1.CCCN=C(N)N. The Hall–Kier alpha value is -9.07. The van der Waals surface area contributed by atoms with Crippen LogP contribution >= 0.6 is 0 Å². The number of fused-ring (bicyclic) bond motifs is 1. The first-order valence-electron chi connectivity index (χ1n) is 26.6. The van der Waals surface area contributed by atoms with Crippen LogP contribution in [0.25, 0.3) is 10.9 Å². The van der Waals surface area contributed by atoms with Crippen molar-refractivity contribution in [1.82, 2.24) is 47.5 Å². The van der Waals surface area contributed by atoms with Crippen LogP contribution in [0, 0.1) is 0 Å². The van der Waals surface area contributed by atoms with Crippen LogP contribution < -0.4 is 65.5 Å². The van der Waals surface area contributed by atoms with Crippen LogP contribution in [0.5, 0.6) is 0 Å². The molecule has 440 valence electrons. The number of aliphatic imine (C=N–C) groups is 2. The molecular formula is C55H79N15O11. The minimum absolute atomic E-state index is 0.00229. The zero-order valence-corrected chi connectivity index (χ0v) is 46.0. The second kappa shape index (κ2) is 36.9. The van der Waals surface area contributed by atoms with Crippen LogP contribution in [0.3, 0.4) is 0 Å². The van der Waals surface area contributed by atoms with Gasteiger partial charge in [0.05, 0.1) is 26.2 Å². The number of aromatic nitrogens is 1. The van der Waals surface area contributed by atoms with E-state index in [9.17, 15) is 48.3 Å². The van der Waals surface area contributed by atoms with E-state index < -0.39 is 90.5 Å². The van der Waals surface area contributed by atoms with E-state index in [4.69, 9.17) is 27.7 Å². The molecule has 0 fully saturated rings. The summed E-state index contributed by atoms with van der Waals surface area (Å²) in [5, 5.41) is 31.5. The fraction of sp³-hybridized carbons (Fsp3) is 0.436. The standard InChI is InChI=1S/C51H68N12O11.C4H11N3/c1-32(24-34-14-5-3-6-15-34)58-49(71)43(30-74-29-35-16-7-4-8-17-35)63-48(70)42(62-46(68)39(59-33(2)65)21-13-23-56-51(52)53)26-44(66)55-22-12-11-20-40(50(72)73)61-47(69)41(60-45(67)28-54-31-64)25-36-27-57-38-19-10-9-18-37(36)38;1-2-3-7-4(5)6/h3-10,14-19,27,31-32,39-43,57H,11-13,20-26,28-30H2,1-2H3,(H,54,64)(H,55,66)(H,58,71)(H,59,65)(H,60,67)(H,61,69)(H,62,68)(H,63,70)(H,72,73)(H4,52,53,56);2-3H2,1H3,(H4,5,6,7)/t32?,39-,40?,41-,42?,43-;/m0./s1. The summed E-state index contributed by atoms with van der Waals surface area (Å²) in [6, 6.07) is 18.9. The molecule has 0 aliphatic carbocycles. The molecule has 0 bridgehead atoms. The number of carbonyl (C=O) groups excluding carboxylic acids is 8. The van der Waals surface area contributed by atoms with Crippen LogP contribution in [0.2, 0.25) is 0 Å². The number of rotatable bonds is 35. The van der Waals surface area contributed by atoms with E-state index in [1.54, 1.807) is 13.1 Å². The summed E-state index contributed by atoms with van der Waals surface area (Å²) < 4.78 is 5.89. The maximum atomic E-state index is 14.2. The molecule has 26 heteroatoms. The van der Waals surface area contributed by atoms with Crippen molar-refractivity contribution < 1.29 is 53.0 Å². The molecule has 1 heterocycles. The van der Waals surface area contributed by atoms with Crippen LogP contribution in [-0.4, -0.2) is 145 Å². The van der Waals surface area contributed by atoms with Crippen molar-refractivity contribution in [2.45, 2.75) is 121 Å². The molecule has 4 aromatic rings. The zero-order chi connectivity index (χ0) is 59.5. The van der Waals surface area contributed by atoms with Gasteiger partial charge in [-0.3, -0.25) is 48.3 Å². The molecule has 0 saturated carbocycles. The van der Waals surface area contributed by atoms with Crippen molar-refractivity contribution in [1.29, 1.82) is 0 Å². The third-order valence-corrected chi connectivity index (χ3v) is 11.9. The molecule has 6 atom stereocenters. The van der Waals surface area contributed by atoms with Crippen molar-refractivity contribution in [3.63, 3.8) is 0 Å². The largest absolute Gasteiger partial charge is 0.480 e. The Morgan fingerprint density at radius 3 is 1.85 bits per heavy atom. The van der Waals surface area contributed by atoms with Gasteiger partial charge >= 0.3 is 5.97 Å². The minimum Gasteiger partial charge on any atom is -0.480 e. The lowest BCUT2D eigenvalue weighted by molar-refractivity contribution is -0.142. The van der Waals surface area contributed by atoms with E-state index in [0.717, 1.165) is 35.0 Å². The summed E-state index contributed by atoms with van der Waals surface area (Å²) in [6.07, 6.45) is 3.48. The number of unbranched alkanes of at least 4 members (excludes halogenated alkanes) is 1. The number of H-pyrrole nitrogens is 1. The minimum atomic E-state index is -1.58. The number of carboxylic acid groups (broad SMARTS) is 1. The van der Waals surface area contributed by atoms with Crippen molar-refractivity contribution in [3.05, 3.63) is 108 Å². The van der Waals surface area contributed by atoms with Crippen LogP contribution in [-0.2, 0) is 67.3 Å². The van der Waals surface area contributed by atoms with Gasteiger partial charge in [-0.1, -0.05) is 85.8 Å². The van der Waals surface area contributed by atoms with Crippen molar-refractivity contribution in [3.8, 4) is 0 Å². The van der Waals surface area contributed by atoms with Gasteiger partial charge in [0.25, 0.3) is 0 Å². The highest BCUT2D eigenvalue weighted by Crippen LogP contribution is 2.19. The Morgan fingerprint density at radius 2 is 1.22 bits per heavy atom. The topological polar surface area (TPSA) is 424 Å². The first-order chi connectivity index (χ1) is 38.8. The van der Waals surface area contributed by atoms with E-state index in [-0.39, 0.29) is 82.8 Å². The predicted octanol–water partition coefficient (Wildman–Crippen LogP) is -0.651. The fourth-order valence-corrected chi connectivity index (χ4v) is 8.02. The lowest BCUT2D eigenvalue weighted by Gasteiger charge is -2.26. The number of hydrogen-bond acceptors (Lipinski definition) is 12. The Morgan fingerprint density at radius 1 is 0.642 bits per heavy atom. The Bertz CT molecular complexity index is 2700. The van der Waals surface area contributed by atoms with E-state index in [0.29, 0.717) is 18.4 Å². The highest BCUT2D eigenvalue weighted by atomic mass is 16.5. The number of para-hydroxylation sites is 1. The number of carbonyl (C=O) groups is 9. The zero-order valence-electron chi connectivity index (χ0n) is 46.0. The Labute approximate surface area is 470 Å². The molecular weight excluding hydrogens is 1050 g/mol. The molecule has 3 aromatic carbocycles. The second-order valence-electron chi connectivity index (χ2n) is 18.9. The molecule has 8 amide bonds. The van der Waals surface area contributed by atoms with E-state index in [1.807, 2.05) is 91.9 Å². The molecule has 0 radical (unpaired) electrons. The highest BCUT2D eigenvalue weighted by molar-refractivity contribution is 5.97. The number of hydrogen-bond donors (Lipinski definition) is 14. The molecule has 3 unspecified atom stereocenters. The predicted molar refractivity (Wildman–Crippen MR) is 305 cm³/mol. The maximum absolute atomic E-state index is 14.2. The van der Waals surface area contributed by atoms with E-state index in [1.165, 1.54) is 6.92 Å². The van der Waals surface area contributed by atoms with Gasteiger partial charge < -0.3 is 80.3 Å². The molecule has 0 spiro atoms. The lowest BCUT2D eigenvalue weighted by Crippen LogP contribution is -2.59. The first kappa shape index (κ1) is 66.2. The van der Waals surface area contributed by atoms with Gasteiger partial charge in [0.15, 0.2) is 11.9 Å². The van der Waals surface area contributed by atoms with Crippen LogP contribution in [0.1, 0.15) is 82.4 Å². The number of ether oxygens (including phenoxy) is 1. The van der Waals surface area contributed by atoms with Gasteiger partial charge in [-0.25, -0.2) is 4.79 Å². The number of nitrogens with two attached hydrogens (primary N) is 4. The summed E-state index contributed by atoms with van der Waals surface area (Å²) >= 11 is 0. The average molecular weight is 1130 g/mol. The van der Waals surface area contributed by atoms with Gasteiger partial charge in [0.1, 0.15) is 30.2 Å². The van der Waals surface area contributed by atoms with E-state index in [2.05, 4.69) is 57.5 Å². The summed E-state index contributed by atoms with van der Waals surface area (Å²) in [5.41, 5.74) is 24.1. The smallest absolute Gasteiger partial charge is 0.326 e. The maximum Gasteiger partial charge on any atom is 0.326 e. The molecule has 26 nitrogen and oxygen atoms in total. The Balaban J connectivity index is 0.00000230. The van der Waals surface area contributed by atoms with Gasteiger partial charge in [-0.05, 0) is 74.6 Å². The second-order valence-corrected chi connectivity index (χ2v) is 18.9. The number of nitrogens with zero attached hydrogens (tertiary/aromatic N) is 2. The third kappa shape index (κ3) is 26.9. The summed E-state index contributed by atoms with van der Waals surface area (Å²) in [5.74, 6) is -6.33. The summed E-state index contributed by atoms with van der Waals surface area (Å²) in [7, 11) is 0. The number of aliphatic carboxylic acids is 1. The van der Waals surface area contributed by atoms with E-state index >= 15 is 0 Å². The average Bonchev–Trinajstić information content (AvgIpc) is 3.84. The van der Waals surface area contributed by atoms with Gasteiger partial charge in [-0.15, -0.1) is 0 Å². The van der Waals surface area contributed by atoms with Crippen molar-refractivity contribution in [2.24, 2.45) is 32.9 Å². The van der Waals surface area contributed by atoms with Crippen LogP contribution in [0.15, 0.2) is 101 Å². The van der Waals surface area contributed by atoms with Crippen LogP contribution in [0.4, 0.5) is 0 Å².